The number of aromatic nitrogens is 2. The summed E-state index contributed by atoms with van der Waals surface area (Å²) in [6.07, 6.45) is 7.46. The molecule has 28 heavy (non-hydrogen) atoms. The van der Waals surface area contributed by atoms with E-state index in [1.165, 1.54) is 21.4 Å². The van der Waals surface area contributed by atoms with E-state index >= 15 is 0 Å². The largest absolute Gasteiger partial charge is 0.341 e. The molecule has 4 rings (SSSR count). The zero-order chi connectivity index (χ0) is 19.8. The van der Waals surface area contributed by atoms with Crippen molar-refractivity contribution in [3.05, 3.63) is 34.8 Å². The highest BCUT2D eigenvalue weighted by Gasteiger charge is 2.46. The van der Waals surface area contributed by atoms with Crippen molar-refractivity contribution in [1.82, 2.24) is 19.0 Å². The Morgan fingerprint density at radius 3 is 2.57 bits per heavy atom. The number of carbonyl (C=O) groups excluding carboxylic acids is 1. The van der Waals surface area contributed by atoms with Gasteiger partial charge in [-0.25, -0.2) is 8.42 Å². The molecule has 0 radical (unpaired) electrons. The Hall–Kier alpha value is -1.71. The maximum Gasteiger partial charge on any atom is 0.246 e. The van der Waals surface area contributed by atoms with E-state index in [2.05, 4.69) is 11.2 Å². The molecule has 0 bridgehead atoms. The molecule has 1 amide bonds. The lowest BCUT2D eigenvalue weighted by atomic mass is 9.82. The second kappa shape index (κ2) is 7.61. The fourth-order valence-corrected chi connectivity index (χ4v) is 6.85. The summed E-state index contributed by atoms with van der Waals surface area (Å²) in [5.41, 5.74) is -0.411. The van der Waals surface area contributed by atoms with E-state index < -0.39 is 15.4 Å². The molecule has 0 unspecified atom stereocenters. The third-order valence-electron chi connectivity index (χ3n) is 5.92. The predicted octanol–water partition coefficient (Wildman–Crippen LogP) is 2.22. The number of hydrogen-bond donors (Lipinski definition) is 0. The Kier molecular flexibility index (Phi) is 5.32. The highest BCUT2D eigenvalue weighted by atomic mass is 32.2. The first-order valence-corrected chi connectivity index (χ1v) is 12.1. The van der Waals surface area contributed by atoms with Gasteiger partial charge in [0.15, 0.2) is 0 Å². The highest BCUT2D eigenvalue weighted by molar-refractivity contribution is 7.89. The first kappa shape index (κ1) is 19.6. The third kappa shape index (κ3) is 3.40. The average molecular weight is 423 g/mol. The minimum Gasteiger partial charge on any atom is -0.341 e. The van der Waals surface area contributed by atoms with Gasteiger partial charge >= 0.3 is 0 Å². The van der Waals surface area contributed by atoms with Crippen molar-refractivity contribution in [3.63, 3.8) is 0 Å². The van der Waals surface area contributed by atoms with E-state index in [0.717, 1.165) is 30.6 Å². The minimum absolute atomic E-state index is 0.174. The molecule has 0 spiro atoms. The Balaban J connectivity index is 1.52. The molecule has 0 aromatic carbocycles. The van der Waals surface area contributed by atoms with Gasteiger partial charge in [-0.2, -0.15) is 9.40 Å². The van der Waals surface area contributed by atoms with Crippen molar-refractivity contribution in [2.45, 2.75) is 42.4 Å². The third-order valence-corrected chi connectivity index (χ3v) is 8.85. The molecule has 2 aromatic heterocycles. The second-order valence-electron chi connectivity index (χ2n) is 7.67. The maximum absolute atomic E-state index is 13.6. The average Bonchev–Trinajstić information content (AvgIpc) is 3.40. The van der Waals surface area contributed by atoms with Crippen LogP contribution in [0.15, 0.2) is 34.8 Å². The standard InChI is InChI=1S/C19H26N4O3S2/c1-21-15-16(14-20-21)28(25,26)23-10-5-9-22(11-12-23)18(24)19(7-2-3-8-19)17-6-4-13-27-17/h4,6,13-15H,2-3,5,7-12H2,1H3. The molecule has 2 aliphatic rings. The number of carbonyl (C=O) groups is 1. The summed E-state index contributed by atoms with van der Waals surface area (Å²) in [5, 5.41) is 6.02. The molecule has 2 aromatic rings. The van der Waals surface area contributed by atoms with Crippen molar-refractivity contribution in [2.75, 3.05) is 26.2 Å². The van der Waals surface area contributed by atoms with Crippen LogP contribution in [0.5, 0.6) is 0 Å². The van der Waals surface area contributed by atoms with Crippen molar-refractivity contribution < 1.29 is 13.2 Å². The van der Waals surface area contributed by atoms with Gasteiger partial charge in [0, 0.05) is 44.3 Å². The van der Waals surface area contributed by atoms with Crippen molar-refractivity contribution >= 4 is 27.3 Å². The van der Waals surface area contributed by atoms with Gasteiger partial charge in [0.2, 0.25) is 15.9 Å². The van der Waals surface area contributed by atoms with Crippen LogP contribution in [0.4, 0.5) is 0 Å². The van der Waals surface area contributed by atoms with Crippen LogP contribution in [0.2, 0.25) is 0 Å². The quantitative estimate of drug-likeness (QED) is 0.757. The van der Waals surface area contributed by atoms with Crippen LogP contribution in [0.25, 0.3) is 0 Å². The van der Waals surface area contributed by atoms with Gasteiger partial charge in [0.1, 0.15) is 4.90 Å². The molecule has 1 aliphatic carbocycles. The molecule has 0 atom stereocenters. The lowest BCUT2D eigenvalue weighted by Gasteiger charge is -2.33. The zero-order valence-corrected chi connectivity index (χ0v) is 17.7. The lowest BCUT2D eigenvalue weighted by Crippen LogP contribution is -2.46. The van der Waals surface area contributed by atoms with E-state index in [1.807, 2.05) is 16.3 Å². The highest BCUT2D eigenvalue weighted by Crippen LogP contribution is 2.44. The number of thiophene rings is 1. The van der Waals surface area contributed by atoms with E-state index in [1.54, 1.807) is 18.4 Å². The fraction of sp³-hybridized carbons (Fsp3) is 0.579. The predicted molar refractivity (Wildman–Crippen MR) is 108 cm³/mol. The van der Waals surface area contributed by atoms with Crippen LogP contribution in [-0.4, -0.2) is 59.5 Å². The number of rotatable bonds is 4. The van der Waals surface area contributed by atoms with Crippen LogP contribution in [-0.2, 0) is 27.3 Å². The van der Waals surface area contributed by atoms with Crippen molar-refractivity contribution in [1.29, 1.82) is 0 Å². The lowest BCUT2D eigenvalue weighted by molar-refractivity contribution is -0.137. The molecule has 1 aliphatic heterocycles. The number of hydrogen-bond acceptors (Lipinski definition) is 5. The topological polar surface area (TPSA) is 75.5 Å². The van der Waals surface area contributed by atoms with Gasteiger partial charge < -0.3 is 4.90 Å². The summed E-state index contributed by atoms with van der Waals surface area (Å²) in [4.78, 5) is 16.8. The molecular weight excluding hydrogens is 396 g/mol. The van der Waals surface area contributed by atoms with E-state index in [4.69, 9.17) is 0 Å². The van der Waals surface area contributed by atoms with E-state index in [-0.39, 0.29) is 10.8 Å². The summed E-state index contributed by atoms with van der Waals surface area (Å²) in [6.45, 7) is 1.78. The fourth-order valence-electron chi connectivity index (χ4n) is 4.42. The van der Waals surface area contributed by atoms with Gasteiger partial charge in [-0.05, 0) is 30.7 Å². The SMILES string of the molecule is Cn1cc(S(=O)(=O)N2CCCN(C(=O)C3(c4cccs4)CCCC3)CC2)cn1. The van der Waals surface area contributed by atoms with Crippen LogP contribution in [0.3, 0.4) is 0 Å². The van der Waals surface area contributed by atoms with Gasteiger partial charge in [-0.3, -0.25) is 9.48 Å². The Morgan fingerprint density at radius 2 is 1.93 bits per heavy atom. The van der Waals surface area contributed by atoms with Crippen LogP contribution >= 0.6 is 11.3 Å². The van der Waals surface area contributed by atoms with Crippen LogP contribution in [0, 0.1) is 0 Å². The normalized spacial score (nSPS) is 21.0. The number of nitrogens with zero attached hydrogens (tertiary/aromatic N) is 4. The summed E-state index contributed by atoms with van der Waals surface area (Å²) >= 11 is 1.66. The van der Waals surface area contributed by atoms with Gasteiger partial charge in [0.05, 0.1) is 11.6 Å². The monoisotopic (exact) mass is 422 g/mol. The molecule has 7 nitrogen and oxygen atoms in total. The molecule has 1 saturated carbocycles. The van der Waals surface area contributed by atoms with Gasteiger partial charge in [-0.1, -0.05) is 18.9 Å². The molecule has 2 fully saturated rings. The van der Waals surface area contributed by atoms with E-state index in [0.29, 0.717) is 32.6 Å². The maximum atomic E-state index is 13.6. The second-order valence-corrected chi connectivity index (χ2v) is 10.6. The molecule has 3 heterocycles. The van der Waals surface area contributed by atoms with Crippen LogP contribution < -0.4 is 0 Å². The molecule has 1 saturated heterocycles. The summed E-state index contributed by atoms with van der Waals surface area (Å²) < 4.78 is 28.8. The summed E-state index contributed by atoms with van der Waals surface area (Å²) in [6, 6.07) is 4.09. The molecule has 0 N–H and O–H groups in total. The Morgan fingerprint density at radius 1 is 1.14 bits per heavy atom. The van der Waals surface area contributed by atoms with Crippen LogP contribution in [0.1, 0.15) is 37.0 Å². The van der Waals surface area contributed by atoms with Crippen molar-refractivity contribution in [3.8, 4) is 0 Å². The van der Waals surface area contributed by atoms with Gasteiger partial charge in [-0.15, -0.1) is 11.3 Å². The zero-order valence-electron chi connectivity index (χ0n) is 16.1. The number of aryl methyl sites for hydroxylation is 1. The molecular formula is C19H26N4O3S2. The number of sulfonamides is 1. The van der Waals surface area contributed by atoms with E-state index in [9.17, 15) is 13.2 Å². The molecule has 152 valence electrons. The Labute approximate surface area is 170 Å². The first-order valence-electron chi connectivity index (χ1n) is 9.76. The number of amides is 1. The van der Waals surface area contributed by atoms with Crippen molar-refractivity contribution in [2.24, 2.45) is 7.05 Å². The van der Waals surface area contributed by atoms with Gasteiger partial charge in [0.25, 0.3) is 0 Å². The summed E-state index contributed by atoms with van der Waals surface area (Å²) in [7, 11) is -1.88. The smallest absolute Gasteiger partial charge is 0.246 e. The first-order chi connectivity index (χ1) is 13.4. The minimum atomic E-state index is -3.58. The summed E-state index contributed by atoms with van der Waals surface area (Å²) in [5.74, 6) is 0.174. The Bertz CT molecular complexity index is 930. The molecule has 9 heteroatoms.